The van der Waals surface area contributed by atoms with Crippen LogP contribution in [0.15, 0.2) is 0 Å². The molecule has 0 aromatic rings. The van der Waals surface area contributed by atoms with Gasteiger partial charge in [0.05, 0.1) is 0 Å². The van der Waals surface area contributed by atoms with Crippen molar-refractivity contribution < 1.29 is 4.79 Å². The zero-order chi connectivity index (χ0) is 11.4. The van der Waals surface area contributed by atoms with Crippen LogP contribution in [-0.2, 0) is 4.79 Å². The maximum absolute atomic E-state index is 11.7. The molecular weight excluding hydrogens is 261 g/mol. The Morgan fingerprint density at radius 3 is 2.29 bits per heavy atom. The summed E-state index contributed by atoms with van der Waals surface area (Å²) in [5.41, 5.74) is 5.55. The van der Waals surface area contributed by atoms with Gasteiger partial charge in [0.25, 0.3) is 0 Å². The number of nitrogens with two attached hydrogens (primary N) is 1. The second-order valence-corrected chi connectivity index (χ2v) is 9.42. The molecule has 0 fully saturated rings. The van der Waals surface area contributed by atoms with Crippen molar-refractivity contribution in [2.75, 3.05) is 0 Å². The van der Waals surface area contributed by atoms with Crippen molar-refractivity contribution in [1.29, 1.82) is 0 Å². The van der Waals surface area contributed by atoms with Crippen molar-refractivity contribution in [2.24, 2.45) is 11.1 Å². The number of rotatable bonds is 5. The van der Waals surface area contributed by atoms with Crippen LogP contribution in [-0.4, -0.2) is 30.9 Å². The van der Waals surface area contributed by atoms with Crippen molar-refractivity contribution in [2.45, 2.75) is 51.2 Å². The molecular formula is C10H21NOSSe. The normalized spacial score (nSPS) is 14.5. The number of hydrogen-bond acceptors (Lipinski definition) is 3. The third-order valence-corrected chi connectivity index (χ3v) is 7.13. The molecule has 0 spiro atoms. The summed E-state index contributed by atoms with van der Waals surface area (Å²) in [4.78, 5) is 11.7. The van der Waals surface area contributed by atoms with E-state index in [1.807, 2.05) is 31.0 Å². The van der Waals surface area contributed by atoms with Gasteiger partial charge in [0.2, 0.25) is 0 Å². The molecule has 2 N–H and O–H groups in total. The minimum absolute atomic E-state index is 0.184. The third-order valence-electron chi connectivity index (χ3n) is 1.58. The van der Waals surface area contributed by atoms with Gasteiger partial charge in [0.15, 0.2) is 0 Å². The van der Waals surface area contributed by atoms with Gasteiger partial charge < -0.3 is 0 Å². The van der Waals surface area contributed by atoms with E-state index < -0.39 is 0 Å². The van der Waals surface area contributed by atoms with Crippen LogP contribution in [0, 0.1) is 5.41 Å². The van der Waals surface area contributed by atoms with Crippen LogP contribution in [0.1, 0.15) is 34.6 Å². The second-order valence-electron chi connectivity index (χ2n) is 4.65. The van der Waals surface area contributed by atoms with Gasteiger partial charge in [-0.25, -0.2) is 0 Å². The van der Waals surface area contributed by atoms with E-state index in [2.05, 4.69) is 13.8 Å². The van der Waals surface area contributed by atoms with Crippen molar-refractivity contribution in [3.8, 4) is 0 Å². The SMILES string of the molecule is CC(C)S[Se]C[C@H](N)C(=O)C(C)(C)C. The molecule has 0 aliphatic carbocycles. The average molecular weight is 282 g/mol. The molecule has 2 nitrogen and oxygen atoms in total. The molecule has 4 heteroatoms. The number of Topliss-reactive ketones (excluding diaryl/α,β-unsaturated/α-hetero) is 1. The van der Waals surface area contributed by atoms with Crippen LogP contribution in [0.3, 0.4) is 0 Å². The summed E-state index contributed by atoms with van der Waals surface area (Å²) in [5.74, 6) is 0.184. The minimum atomic E-state index is -0.294. The quantitative estimate of drug-likeness (QED) is 0.785. The molecule has 0 amide bonds. The van der Waals surface area contributed by atoms with Crippen LogP contribution in [0.2, 0.25) is 5.32 Å². The van der Waals surface area contributed by atoms with Crippen molar-refractivity contribution in [3.63, 3.8) is 0 Å². The Hall–Kier alpha value is 0.499. The molecule has 84 valence electrons. The molecule has 14 heavy (non-hydrogen) atoms. The first-order chi connectivity index (χ1) is 6.25. The van der Waals surface area contributed by atoms with E-state index in [4.69, 9.17) is 5.73 Å². The predicted molar refractivity (Wildman–Crippen MR) is 65.7 cm³/mol. The van der Waals surface area contributed by atoms with E-state index in [0.29, 0.717) is 19.1 Å². The number of ketones is 1. The van der Waals surface area contributed by atoms with Crippen molar-refractivity contribution in [1.82, 2.24) is 0 Å². The first-order valence-corrected chi connectivity index (χ1v) is 8.94. The van der Waals surface area contributed by atoms with Crippen LogP contribution >= 0.6 is 10.2 Å². The molecule has 0 aliphatic heterocycles. The molecule has 0 saturated heterocycles. The fourth-order valence-electron chi connectivity index (χ4n) is 0.881. The topological polar surface area (TPSA) is 43.1 Å². The van der Waals surface area contributed by atoms with Gasteiger partial charge in [-0.1, -0.05) is 0 Å². The van der Waals surface area contributed by atoms with Crippen LogP contribution in [0.25, 0.3) is 0 Å². The maximum atomic E-state index is 11.7. The Balaban J connectivity index is 3.86. The van der Waals surface area contributed by atoms with E-state index in [0.717, 1.165) is 5.32 Å². The molecule has 0 aromatic carbocycles. The zero-order valence-electron chi connectivity index (χ0n) is 9.66. The van der Waals surface area contributed by atoms with E-state index in [-0.39, 0.29) is 17.2 Å². The summed E-state index contributed by atoms with van der Waals surface area (Å²) >= 11 is 0.439. The molecule has 1 atom stereocenters. The number of carbonyl (C=O) groups is 1. The molecule has 0 aliphatic rings. The Kier molecular flexibility index (Phi) is 6.38. The fourth-order valence-corrected chi connectivity index (χ4v) is 4.83. The van der Waals surface area contributed by atoms with E-state index in [1.54, 1.807) is 0 Å². The van der Waals surface area contributed by atoms with E-state index in [9.17, 15) is 4.79 Å². The first kappa shape index (κ1) is 14.5. The molecule has 0 rings (SSSR count). The summed E-state index contributed by atoms with van der Waals surface area (Å²) in [5, 5.41) is 1.50. The Labute approximate surface area is 97.0 Å². The summed E-state index contributed by atoms with van der Waals surface area (Å²) < 4.78 is 0. The van der Waals surface area contributed by atoms with Crippen LogP contribution in [0.4, 0.5) is 0 Å². The summed E-state index contributed by atoms with van der Waals surface area (Å²) in [6.07, 6.45) is 0. The van der Waals surface area contributed by atoms with Gasteiger partial charge in [-0.2, -0.15) is 0 Å². The monoisotopic (exact) mass is 283 g/mol. The molecule has 0 heterocycles. The Bertz CT molecular complexity index is 189. The summed E-state index contributed by atoms with van der Waals surface area (Å²) in [7, 11) is 1.92. The summed E-state index contributed by atoms with van der Waals surface area (Å²) in [6.45, 7) is 10.1. The molecule has 0 aromatic heterocycles. The van der Waals surface area contributed by atoms with Gasteiger partial charge in [-0.3, -0.25) is 0 Å². The van der Waals surface area contributed by atoms with Gasteiger partial charge in [-0.05, 0) is 0 Å². The number of carbonyl (C=O) groups excluding carboxylic acids is 1. The predicted octanol–water partition coefficient (Wildman–Crippen LogP) is 2.11. The molecule has 0 radical (unpaired) electrons. The second kappa shape index (κ2) is 6.16. The van der Waals surface area contributed by atoms with Gasteiger partial charge in [0.1, 0.15) is 0 Å². The zero-order valence-corrected chi connectivity index (χ0v) is 12.2. The van der Waals surface area contributed by atoms with Gasteiger partial charge >= 0.3 is 97.0 Å². The van der Waals surface area contributed by atoms with Crippen molar-refractivity contribution in [3.05, 3.63) is 0 Å². The van der Waals surface area contributed by atoms with Gasteiger partial charge in [-0.15, -0.1) is 0 Å². The fraction of sp³-hybridized carbons (Fsp3) is 0.900. The molecule has 0 bridgehead atoms. The number of hydrogen-bond donors (Lipinski definition) is 1. The average Bonchev–Trinajstić information content (AvgIpc) is 2.00. The van der Waals surface area contributed by atoms with Gasteiger partial charge in [0, 0.05) is 0 Å². The Morgan fingerprint density at radius 2 is 1.93 bits per heavy atom. The Morgan fingerprint density at radius 1 is 1.43 bits per heavy atom. The van der Waals surface area contributed by atoms with Crippen LogP contribution in [0.5, 0.6) is 0 Å². The molecule has 0 unspecified atom stereocenters. The van der Waals surface area contributed by atoms with Crippen LogP contribution < -0.4 is 5.73 Å². The third kappa shape index (κ3) is 6.07. The molecule has 0 saturated carbocycles. The van der Waals surface area contributed by atoms with E-state index in [1.165, 1.54) is 0 Å². The van der Waals surface area contributed by atoms with Crippen molar-refractivity contribution >= 4 is 29.8 Å². The summed E-state index contributed by atoms with van der Waals surface area (Å²) in [6, 6.07) is -0.263. The van der Waals surface area contributed by atoms with E-state index >= 15 is 0 Å². The first-order valence-electron chi connectivity index (χ1n) is 4.83. The standard InChI is InChI=1S/C10H21NOSSe/c1-7(2)13-14-6-8(11)9(12)10(3,4)5/h7-8H,6,11H2,1-5H3/t8-/m0/s1.